The molecular formula is C15H10Cl2N2O3S. The molecule has 3 aromatic rings. The van der Waals surface area contributed by atoms with Crippen LogP contribution in [0.25, 0.3) is 10.8 Å². The minimum Gasteiger partial charge on any atom is -0.449 e. The Morgan fingerprint density at radius 1 is 1.26 bits per heavy atom. The van der Waals surface area contributed by atoms with Crippen LogP contribution >= 0.6 is 34.5 Å². The number of carbonyl (C=O) groups excluding carboxylic acids is 1. The molecule has 8 heteroatoms. The zero-order valence-electron chi connectivity index (χ0n) is 11.8. The van der Waals surface area contributed by atoms with Gasteiger partial charge < -0.3 is 9.15 Å². The summed E-state index contributed by atoms with van der Waals surface area (Å²) >= 11 is 13.2. The highest BCUT2D eigenvalue weighted by Gasteiger charge is 2.20. The molecule has 5 nitrogen and oxygen atoms in total. The maximum atomic E-state index is 12.1. The Bertz CT molecular complexity index is 833. The smallest absolute Gasteiger partial charge is 0.338 e. The zero-order valence-corrected chi connectivity index (χ0v) is 14.2. The summed E-state index contributed by atoms with van der Waals surface area (Å²) < 4.78 is 10.8. The average molecular weight is 369 g/mol. The van der Waals surface area contributed by atoms with Gasteiger partial charge in [-0.3, -0.25) is 0 Å². The molecule has 1 atom stereocenters. The van der Waals surface area contributed by atoms with Crippen molar-refractivity contribution in [1.82, 2.24) is 10.2 Å². The van der Waals surface area contributed by atoms with Gasteiger partial charge in [0.25, 0.3) is 11.8 Å². The fourth-order valence-electron chi connectivity index (χ4n) is 1.80. The van der Waals surface area contributed by atoms with Gasteiger partial charge in [-0.25, -0.2) is 4.79 Å². The topological polar surface area (TPSA) is 65.2 Å². The van der Waals surface area contributed by atoms with Gasteiger partial charge in [0.1, 0.15) is 0 Å². The molecular weight excluding hydrogens is 359 g/mol. The van der Waals surface area contributed by atoms with Crippen molar-refractivity contribution < 1.29 is 13.9 Å². The Balaban J connectivity index is 1.72. The van der Waals surface area contributed by atoms with E-state index in [1.807, 2.05) is 17.5 Å². The highest BCUT2D eigenvalue weighted by atomic mass is 35.5. The number of carbonyl (C=O) groups is 1. The van der Waals surface area contributed by atoms with Crippen LogP contribution in [0.4, 0.5) is 0 Å². The van der Waals surface area contributed by atoms with E-state index in [1.165, 1.54) is 29.5 Å². The highest BCUT2D eigenvalue weighted by molar-refractivity contribution is 7.13. The Morgan fingerprint density at radius 3 is 2.78 bits per heavy atom. The van der Waals surface area contributed by atoms with Gasteiger partial charge in [-0.15, -0.1) is 21.5 Å². The molecule has 0 saturated carbocycles. The first-order valence-corrected chi connectivity index (χ1v) is 8.21. The lowest BCUT2D eigenvalue weighted by Gasteiger charge is -2.09. The quantitative estimate of drug-likeness (QED) is 0.604. The van der Waals surface area contributed by atoms with E-state index in [0.29, 0.717) is 16.5 Å². The number of benzene rings is 1. The van der Waals surface area contributed by atoms with E-state index >= 15 is 0 Å². The summed E-state index contributed by atoms with van der Waals surface area (Å²) in [6.45, 7) is 1.65. The van der Waals surface area contributed by atoms with Gasteiger partial charge in [0.15, 0.2) is 6.10 Å². The van der Waals surface area contributed by atoms with Crippen LogP contribution in [0.5, 0.6) is 0 Å². The lowest BCUT2D eigenvalue weighted by Crippen LogP contribution is -2.09. The Labute approximate surface area is 145 Å². The lowest BCUT2D eigenvalue weighted by atomic mass is 10.2. The summed E-state index contributed by atoms with van der Waals surface area (Å²) in [7, 11) is 0. The first-order chi connectivity index (χ1) is 11.0. The fourth-order valence-corrected chi connectivity index (χ4v) is 2.74. The summed E-state index contributed by atoms with van der Waals surface area (Å²) in [5.41, 5.74) is 0.296. The second-order valence-corrected chi connectivity index (χ2v) is 6.36. The number of aromatic nitrogens is 2. The third-order valence-electron chi connectivity index (χ3n) is 2.96. The SMILES string of the molecule is CC(OC(=O)c1ccc(Cl)c(Cl)c1)c1nnc(-c2cccs2)o1. The number of esters is 1. The second-order valence-electron chi connectivity index (χ2n) is 4.60. The van der Waals surface area contributed by atoms with Gasteiger partial charge in [-0.2, -0.15) is 0 Å². The molecule has 0 bridgehead atoms. The summed E-state index contributed by atoms with van der Waals surface area (Å²) in [4.78, 5) is 13.0. The maximum Gasteiger partial charge on any atom is 0.338 e. The van der Waals surface area contributed by atoms with E-state index in [-0.39, 0.29) is 10.9 Å². The molecule has 0 radical (unpaired) electrons. The van der Waals surface area contributed by atoms with Crippen LogP contribution in [-0.2, 0) is 4.74 Å². The minimum atomic E-state index is -0.682. The summed E-state index contributed by atoms with van der Waals surface area (Å²) in [6.07, 6.45) is -0.682. The van der Waals surface area contributed by atoms with Gasteiger partial charge in [0, 0.05) is 0 Å². The van der Waals surface area contributed by atoms with Crippen LogP contribution in [-0.4, -0.2) is 16.2 Å². The maximum absolute atomic E-state index is 12.1. The standard InChI is InChI=1S/C15H10Cl2N2O3S/c1-8(13-18-19-14(22-13)12-3-2-6-23-12)21-15(20)9-4-5-10(16)11(17)7-9/h2-8H,1H3. The Morgan fingerprint density at radius 2 is 2.09 bits per heavy atom. The second kappa shape index (κ2) is 6.70. The van der Waals surface area contributed by atoms with Gasteiger partial charge in [-0.05, 0) is 36.6 Å². The predicted molar refractivity (Wildman–Crippen MR) is 87.9 cm³/mol. The van der Waals surface area contributed by atoms with Crippen molar-refractivity contribution in [2.45, 2.75) is 13.0 Å². The number of rotatable bonds is 4. The molecule has 0 N–H and O–H groups in total. The molecule has 0 spiro atoms. The third-order valence-corrected chi connectivity index (χ3v) is 4.56. The van der Waals surface area contributed by atoms with Crippen molar-refractivity contribution in [2.75, 3.05) is 0 Å². The molecule has 0 aliphatic carbocycles. The van der Waals surface area contributed by atoms with E-state index < -0.39 is 12.1 Å². The van der Waals surface area contributed by atoms with E-state index in [9.17, 15) is 4.79 Å². The molecule has 3 rings (SSSR count). The van der Waals surface area contributed by atoms with E-state index in [4.69, 9.17) is 32.4 Å². The van der Waals surface area contributed by atoms with Gasteiger partial charge in [0.05, 0.1) is 20.5 Å². The largest absolute Gasteiger partial charge is 0.449 e. The first kappa shape index (κ1) is 16.0. The third kappa shape index (κ3) is 3.55. The van der Waals surface area contributed by atoms with E-state index in [1.54, 1.807) is 6.92 Å². The number of hydrogen-bond donors (Lipinski definition) is 0. The summed E-state index contributed by atoms with van der Waals surface area (Å²) in [6, 6.07) is 8.27. The minimum absolute atomic E-state index is 0.224. The number of halogens is 2. The van der Waals surface area contributed by atoms with E-state index in [0.717, 1.165) is 4.88 Å². The van der Waals surface area contributed by atoms with Crippen molar-refractivity contribution in [2.24, 2.45) is 0 Å². The molecule has 0 aliphatic rings. The summed E-state index contributed by atoms with van der Waals surface area (Å²) in [5, 5.41) is 10.4. The summed E-state index contributed by atoms with van der Waals surface area (Å²) in [5.74, 6) is 0.0705. The van der Waals surface area contributed by atoms with Crippen molar-refractivity contribution in [1.29, 1.82) is 0 Å². The normalized spacial score (nSPS) is 12.1. The zero-order chi connectivity index (χ0) is 16.4. The lowest BCUT2D eigenvalue weighted by molar-refractivity contribution is 0.0280. The predicted octanol–water partition coefficient (Wildman–Crippen LogP) is 5.02. The van der Waals surface area contributed by atoms with Crippen molar-refractivity contribution in [3.05, 3.63) is 57.2 Å². The van der Waals surface area contributed by atoms with Crippen LogP contribution in [0.2, 0.25) is 10.0 Å². The molecule has 23 heavy (non-hydrogen) atoms. The van der Waals surface area contributed by atoms with Crippen LogP contribution in [0.15, 0.2) is 40.1 Å². The first-order valence-electron chi connectivity index (χ1n) is 6.58. The number of ether oxygens (including phenoxy) is 1. The van der Waals surface area contributed by atoms with Gasteiger partial charge >= 0.3 is 5.97 Å². The average Bonchev–Trinajstić information content (AvgIpc) is 3.20. The van der Waals surface area contributed by atoms with Crippen molar-refractivity contribution >= 4 is 40.5 Å². The fraction of sp³-hybridized carbons (Fsp3) is 0.133. The number of nitrogens with zero attached hydrogens (tertiary/aromatic N) is 2. The van der Waals surface area contributed by atoms with Gasteiger partial charge in [-0.1, -0.05) is 29.3 Å². The van der Waals surface area contributed by atoms with Crippen molar-refractivity contribution in [3.63, 3.8) is 0 Å². The van der Waals surface area contributed by atoms with Crippen LogP contribution in [0.3, 0.4) is 0 Å². The Kier molecular flexibility index (Phi) is 4.66. The highest BCUT2D eigenvalue weighted by Crippen LogP contribution is 2.27. The van der Waals surface area contributed by atoms with Crippen LogP contribution in [0, 0.1) is 0 Å². The monoisotopic (exact) mass is 368 g/mol. The number of thiophene rings is 1. The molecule has 0 aliphatic heterocycles. The number of hydrogen-bond acceptors (Lipinski definition) is 6. The molecule has 2 aromatic heterocycles. The Hall–Kier alpha value is -1.89. The molecule has 1 aromatic carbocycles. The van der Waals surface area contributed by atoms with Gasteiger partial charge in [0.2, 0.25) is 0 Å². The molecule has 118 valence electrons. The van der Waals surface area contributed by atoms with E-state index in [2.05, 4.69) is 10.2 Å². The molecule has 0 saturated heterocycles. The van der Waals surface area contributed by atoms with Crippen LogP contribution in [0.1, 0.15) is 29.3 Å². The molecule has 0 fully saturated rings. The molecule has 0 amide bonds. The van der Waals surface area contributed by atoms with Crippen molar-refractivity contribution in [3.8, 4) is 10.8 Å². The molecule has 2 heterocycles. The molecule has 1 unspecified atom stereocenters. The van der Waals surface area contributed by atoms with Crippen LogP contribution < -0.4 is 0 Å².